The normalized spacial score (nSPS) is 14.7. The Morgan fingerprint density at radius 3 is 2.16 bits per heavy atom. The molecule has 0 bridgehead atoms. The van der Waals surface area contributed by atoms with Gasteiger partial charge in [0.25, 0.3) is 5.91 Å². The van der Waals surface area contributed by atoms with E-state index in [1.165, 1.54) is 0 Å². The molecule has 6 rings (SSSR count). The molecule has 3 aromatic carbocycles. The average Bonchev–Trinajstić information content (AvgIpc) is 3.47. The number of fused-ring (bicyclic) bond motifs is 3. The summed E-state index contributed by atoms with van der Waals surface area (Å²) in [5.74, 6) is -0.106. The molecule has 1 aliphatic heterocycles. The first-order valence-corrected chi connectivity index (χ1v) is 10.1. The van der Waals surface area contributed by atoms with Crippen LogP contribution >= 0.6 is 0 Å². The lowest BCUT2D eigenvalue weighted by Crippen LogP contribution is -2.03. The SMILES string of the molecule is O=C1Nc2ccc(N=Cc3cc4ccccc4[nH]3)cc2/C1=C/c1cc2ccccc2[nH]1. The van der Waals surface area contributed by atoms with Gasteiger partial charge < -0.3 is 15.3 Å². The van der Waals surface area contributed by atoms with Crippen molar-refractivity contribution in [2.24, 2.45) is 4.99 Å². The molecular weight excluding hydrogens is 384 g/mol. The monoisotopic (exact) mass is 402 g/mol. The number of carbonyl (C=O) groups excluding carboxylic acids is 1. The minimum Gasteiger partial charge on any atom is -0.355 e. The highest BCUT2D eigenvalue weighted by atomic mass is 16.2. The van der Waals surface area contributed by atoms with Gasteiger partial charge in [0.05, 0.1) is 23.2 Å². The van der Waals surface area contributed by atoms with E-state index in [-0.39, 0.29) is 5.91 Å². The van der Waals surface area contributed by atoms with Gasteiger partial charge >= 0.3 is 0 Å². The molecule has 0 radical (unpaired) electrons. The van der Waals surface area contributed by atoms with E-state index < -0.39 is 0 Å². The second-order valence-electron chi connectivity index (χ2n) is 7.62. The van der Waals surface area contributed by atoms with E-state index >= 15 is 0 Å². The first-order valence-electron chi connectivity index (χ1n) is 10.1. The number of hydrogen-bond acceptors (Lipinski definition) is 2. The van der Waals surface area contributed by atoms with Crippen molar-refractivity contribution in [1.29, 1.82) is 0 Å². The van der Waals surface area contributed by atoms with Gasteiger partial charge in [-0.15, -0.1) is 0 Å². The van der Waals surface area contributed by atoms with Crippen LogP contribution in [0.4, 0.5) is 11.4 Å². The molecule has 0 saturated carbocycles. The fourth-order valence-electron chi connectivity index (χ4n) is 4.04. The first kappa shape index (κ1) is 17.5. The quantitative estimate of drug-likeness (QED) is 0.255. The van der Waals surface area contributed by atoms with Gasteiger partial charge in [0.2, 0.25) is 0 Å². The van der Waals surface area contributed by atoms with Crippen molar-refractivity contribution in [3.05, 3.63) is 95.8 Å². The molecule has 2 aromatic heterocycles. The number of nitrogens with zero attached hydrogens (tertiary/aromatic N) is 1. The van der Waals surface area contributed by atoms with Gasteiger partial charge in [-0.1, -0.05) is 36.4 Å². The summed E-state index contributed by atoms with van der Waals surface area (Å²) < 4.78 is 0. The molecule has 0 atom stereocenters. The molecule has 31 heavy (non-hydrogen) atoms. The number of nitrogens with one attached hydrogen (secondary N) is 3. The second kappa shape index (κ2) is 6.85. The van der Waals surface area contributed by atoms with Crippen LogP contribution in [0.5, 0.6) is 0 Å². The molecule has 5 nitrogen and oxygen atoms in total. The van der Waals surface area contributed by atoms with Gasteiger partial charge in [0.15, 0.2) is 0 Å². The molecule has 3 N–H and O–H groups in total. The van der Waals surface area contributed by atoms with E-state index in [1.807, 2.05) is 79.0 Å². The van der Waals surface area contributed by atoms with Crippen LogP contribution in [0, 0.1) is 0 Å². The zero-order valence-electron chi connectivity index (χ0n) is 16.5. The van der Waals surface area contributed by atoms with E-state index in [2.05, 4.69) is 32.4 Å². The van der Waals surface area contributed by atoms with E-state index in [9.17, 15) is 4.79 Å². The van der Waals surface area contributed by atoms with Crippen LogP contribution in [0.3, 0.4) is 0 Å². The maximum absolute atomic E-state index is 12.6. The van der Waals surface area contributed by atoms with E-state index in [4.69, 9.17) is 0 Å². The highest BCUT2D eigenvalue weighted by Crippen LogP contribution is 2.36. The minimum atomic E-state index is -0.106. The summed E-state index contributed by atoms with van der Waals surface area (Å²) in [7, 11) is 0. The molecule has 0 unspecified atom stereocenters. The Morgan fingerprint density at radius 1 is 0.742 bits per heavy atom. The summed E-state index contributed by atoms with van der Waals surface area (Å²) in [6.45, 7) is 0. The lowest BCUT2D eigenvalue weighted by molar-refractivity contribution is -0.110. The number of hydrogen-bond donors (Lipinski definition) is 3. The third kappa shape index (κ3) is 3.13. The summed E-state index contributed by atoms with van der Waals surface area (Å²) in [6.07, 6.45) is 3.71. The van der Waals surface area contributed by atoms with Gasteiger partial charge in [-0.05, 0) is 53.9 Å². The van der Waals surface area contributed by atoms with Crippen LogP contribution in [0.15, 0.2) is 83.9 Å². The maximum atomic E-state index is 12.6. The van der Waals surface area contributed by atoms with E-state index in [1.54, 1.807) is 0 Å². The average molecular weight is 402 g/mol. The predicted octanol–water partition coefficient (Wildman–Crippen LogP) is 5.89. The Hall–Kier alpha value is -4.38. The molecule has 5 aromatic rings. The number of benzene rings is 3. The van der Waals surface area contributed by atoms with Crippen LogP contribution < -0.4 is 5.32 Å². The third-order valence-corrected chi connectivity index (χ3v) is 5.54. The Balaban J connectivity index is 1.35. The predicted molar refractivity (Wildman–Crippen MR) is 127 cm³/mol. The second-order valence-corrected chi connectivity index (χ2v) is 7.62. The van der Waals surface area contributed by atoms with Crippen LogP contribution in [-0.4, -0.2) is 22.1 Å². The number of rotatable bonds is 3. The molecular formula is C26H18N4O. The number of aliphatic imine (C=N–C) groups is 1. The highest BCUT2D eigenvalue weighted by molar-refractivity contribution is 6.35. The summed E-state index contributed by atoms with van der Waals surface area (Å²) in [5, 5.41) is 5.21. The number of aromatic amines is 2. The van der Waals surface area contributed by atoms with Crippen LogP contribution in [0.25, 0.3) is 33.5 Å². The Kier molecular flexibility index (Phi) is 3.86. The van der Waals surface area contributed by atoms with Crippen LogP contribution in [0.2, 0.25) is 0 Å². The largest absolute Gasteiger partial charge is 0.355 e. The fourth-order valence-corrected chi connectivity index (χ4v) is 4.04. The fraction of sp³-hybridized carbons (Fsp3) is 0. The number of para-hydroxylation sites is 2. The van der Waals surface area contributed by atoms with Crippen molar-refractivity contribution in [3.8, 4) is 0 Å². The number of amides is 1. The van der Waals surface area contributed by atoms with Crippen molar-refractivity contribution in [2.75, 3.05) is 5.32 Å². The minimum absolute atomic E-state index is 0.106. The third-order valence-electron chi connectivity index (χ3n) is 5.54. The number of anilines is 1. The lowest BCUT2D eigenvalue weighted by atomic mass is 10.1. The van der Waals surface area contributed by atoms with E-state index in [0.717, 1.165) is 50.1 Å². The smallest absolute Gasteiger partial charge is 0.256 e. The van der Waals surface area contributed by atoms with E-state index in [0.29, 0.717) is 5.57 Å². The van der Waals surface area contributed by atoms with Gasteiger partial charge in [0.1, 0.15) is 0 Å². The molecule has 0 spiro atoms. The lowest BCUT2D eigenvalue weighted by Gasteiger charge is -2.00. The molecule has 0 aliphatic carbocycles. The zero-order chi connectivity index (χ0) is 20.8. The van der Waals surface area contributed by atoms with Crippen molar-refractivity contribution < 1.29 is 4.79 Å². The summed E-state index contributed by atoms with van der Waals surface area (Å²) >= 11 is 0. The highest BCUT2D eigenvalue weighted by Gasteiger charge is 2.24. The molecule has 1 aliphatic rings. The van der Waals surface area contributed by atoms with Gasteiger partial charge in [-0.25, -0.2) is 0 Å². The molecule has 3 heterocycles. The number of carbonyl (C=O) groups is 1. The van der Waals surface area contributed by atoms with Crippen LogP contribution in [0.1, 0.15) is 17.0 Å². The number of aromatic nitrogens is 2. The maximum Gasteiger partial charge on any atom is 0.256 e. The van der Waals surface area contributed by atoms with Gasteiger partial charge in [-0.3, -0.25) is 9.79 Å². The molecule has 1 amide bonds. The Labute approximate surface area is 178 Å². The Morgan fingerprint density at radius 2 is 1.42 bits per heavy atom. The topological polar surface area (TPSA) is 73.0 Å². The van der Waals surface area contributed by atoms with Crippen molar-refractivity contribution in [3.63, 3.8) is 0 Å². The van der Waals surface area contributed by atoms with Gasteiger partial charge in [0, 0.05) is 33.4 Å². The zero-order valence-corrected chi connectivity index (χ0v) is 16.5. The summed E-state index contributed by atoms with van der Waals surface area (Å²) in [5.41, 5.74) is 7.03. The summed E-state index contributed by atoms with van der Waals surface area (Å²) in [4.78, 5) is 23.9. The number of H-pyrrole nitrogens is 2. The molecule has 148 valence electrons. The van der Waals surface area contributed by atoms with Crippen molar-refractivity contribution in [2.45, 2.75) is 0 Å². The standard InChI is InChI=1S/C26H18N4O/c31-26-22(14-19-11-16-5-1-3-7-23(16)28-19)21-13-18(9-10-25(21)30-26)27-15-20-12-17-6-2-4-8-24(17)29-20/h1-15,28-29H,(H,30,31)/b22-14-,27-15?. The van der Waals surface area contributed by atoms with Crippen molar-refractivity contribution in [1.82, 2.24) is 9.97 Å². The van der Waals surface area contributed by atoms with Gasteiger partial charge in [-0.2, -0.15) is 0 Å². The van der Waals surface area contributed by atoms with Crippen LogP contribution in [-0.2, 0) is 4.79 Å². The molecule has 0 saturated heterocycles. The Bertz CT molecular complexity index is 1470. The summed E-state index contributed by atoms with van der Waals surface area (Å²) in [6, 6.07) is 26.1. The molecule has 5 heteroatoms. The molecule has 0 fully saturated rings. The van der Waals surface area contributed by atoms with Crippen molar-refractivity contribution >= 4 is 57.0 Å². The first-order chi connectivity index (χ1) is 15.2.